The zero-order valence-electron chi connectivity index (χ0n) is 10.5. The first-order valence-electron chi connectivity index (χ1n) is 5.70. The van der Waals surface area contributed by atoms with Crippen molar-refractivity contribution in [3.8, 4) is 0 Å². The Morgan fingerprint density at radius 1 is 1.47 bits per heavy atom. The van der Waals surface area contributed by atoms with Crippen LogP contribution in [0.5, 0.6) is 0 Å². The number of carbonyl (C=O) groups is 1. The van der Waals surface area contributed by atoms with E-state index in [0.29, 0.717) is 6.54 Å². The number of hydrogen-bond acceptors (Lipinski definition) is 4. The minimum Gasteiger partial charge on any atom is -0.293 e. The Balaban J connectivity index is 2.05. The van der Waals surface area contributed by atoms with Crippen molar-refractivity contribution in [1.82, 2.24) is 4.90 Å². The maximum atomic E-state index is 12.3. The highest BCUT2D eigenvalue weighted by molar-refractivity contribution is 9.12. The summed E-state index contributed by atoms with van der Waals surface area (Å²) >= 11 is 10.1. The van der Waals surface area contributed by atoms with E-state index in [-0.39, 0.29) is 11.8 Å². The number of likely N-dealkylation sites (N-methyl/N-ethyl adjacent to an activating group) is 1. The van der Waals surface area contributed by atoms with Crippen molar-refractivity contribution in [1.29, 1.82) is 0 Å². The van der Waals surface area contributed by atoms with Crippen LogP contribution in [0.3, 0.4) is 0 Å². The smallest absolute Gasteiger partial charge is 0.178 e. The molecular formula is C13H13Br2NOS2. The van der Waals surface area contributed by atoms with Gasteiger partial charge in [0.1, 0.15) is 0 Å². The summed E-state index contributed by atoms with van der Waals surface area (Å²) in [6, 6.07) is 6.28. The van der Waals surface area contributed by atoms with E-state index in [9.17, 15) is 4.79 Å². The van der Waals surface area contributed by atoms with Gasteiger partial charge in [0.05, 0.1) is 14.1 Å². The first kappa shape index (κ1) is 15.4. The molecule has 0 bridgehead atoms. The van der Waals surface area contributed by atoms with Crippen LogP contribution in [-0.2, 0) is 0 Å². The summed E-state index contributed by atoms with van der Waals surface area (Å²) in [4.78, 5) is 15.6. The second-order valence-corrected chi connectivity index (χ2v) is 9.00. The molecule has 0 amide bonds. The predicted molar refractivity (Wildman–Crippen MR) is 89.4 cm³/mol. The lowest BCUT2D eigenvalue weighted by atomic mass is 10.2. The van der Waals surface area contributed by atoms with Crippen LogP contribution in [0.25, 0.3) is 0 Å². The second-order valence-electron chi connectivity index (χ2n) is 4.27. The standard InChI is InChI=1S/C13H13Br2NOS2/c1-8(11-4-3-5-18-11)16(2)7-10(17)9-6-12(14)19-13(9)15/h3-6,8H,7H2,1-2H3. The van der Waals surface area contributed by atoms with Crippen LogP contribution in [0.4, 0.5) is 0 Å². The third-order valence-corrected chi connectivity index (χ3v) is 6.35. The molecule has 0 aliphatic carbocycles. The summed E-state index contributed by atoms with van der Waals surface area (Å²) in [5.41, 5.74) is 0.752. The summed E-state index contributed by atoms with van der Waals surface area (Å²) < 4.78 is 1.86. The number of ketones is 1. The number of thiophene rings is 2. The molecule has 19 heavy (non-hydrogen) atoms. The average Bonchev–Trinajstić information content (AvgIpc) is 2.97. The molecule has 2 heterocycles. The van der Waals surface area contributed by atoms with E-state index in [0.717, 1.165) is 13.1 Å². The van der Waals surface area contributed by atoms with E-state index in [1.54, 1.807) is 11.3 Å². The van der Waals surface area contributed by atoms with Crippen molar-refractivity contribution in [2.75, 3.05) is 13.6 Å². The molecule has 1 atom stereocenters. The molecule has 0 saturated carbocycles. The van der Waals surface area contributed by atoms with Crippen molar-refractivity contribution in [3.63, 3.8) is 0 Å². The van der Waals surface area contributed by atoms with Gasteiger partial charge in [0, 0.05) is 16.5 Å². The number of Topliss-reactive ketones (excluding diaryl/α,β-unsaturated/α-hetero) is 1. The Bertz CT molecular complexity index is 565. The lowest BCUT2D eigenvalue weighted by Crippen LogP contribution is -2.28. The molecule has 0 aromatic carbocycles. The van der Waals surface area contributed by atoms with Crippen molar-refractivity contribution in [3.05, 3.63) is 41.6 Å². The third kappa shape index (κ3) is 3.76. The van der Waals surface area contributed by atoms with Gasteiger partial charge >= 0.3 is 0 Å². The molecule has 2 aromatic rings. The van der Waals surface area contributed by atoms with Crippen LogP contribution in [-0.4, -0.2) is 24.3 Å². The largest absolute Gasteiger partial charge is 0.293 e. The summed E-state index contributed by atoms with van der Waals surface area (Å²) in [5, 5.41) is 2.06. The van der Waals surface area contributed by atoms with Crippen molar-refractivity contribution in [2.24, 2.45) is 0 Å². The molecule has 0 radical (unpaired) electrons. The summed E-state index contributed by atoms with van der Waals surface area (Å²) in [5.74, 6) is 0.139. The van der Waals surface area contributed by atoms with Crippen LogP contribution < -0.4 is 0 Å². The van der Waals surface area contributed by atoms with Gasteiger partial charge in [-0.25, -0.2) is 0 Å². The lowest BCUT2D eigenvalue weighted by Gasteiger charge is -2.22. The molecule has 0 fully saturated rings. The second kappa shape index (κ2) is 6.63. The minimum absolute atomic E-state index is 0.139. The zero-order valence-corrected chi connectivity index (χ0v) is 15.3. The van der Waals surface area contributed by atoms with E-state index in [1.807, 2.05) is 19.2 Å². The van der Waals surface area contributed by atoms with E-state index in [4.69, 9.17) is 0 Å². The summed E-state index contributed by atoms with van der Waals surface area (Å²) in [6.45, 7) is 2.54. The Labute approximate surface area is 137 Å². The van der Waals surface area contributed by atoms with E-state index >= 15 is 0 Å². The highest BCUT2D eigenvalue weighted by Crippen LogP contribution is 2.32. The number of rotatable bonds is 5. The van der Waals surface area contributed by atoms with Gasteiger partial charge < -0.3 is 0 Å². The molecule has 102 valence electrons. The van der Waals surface area contributed by atoms with Crippen molar-refractivity contribution < 1.29 is 4.79 Å². The lowest BCUT2D eigenvalue weighted by molar-refractivity contribution is 0.0925. The van der Waals surface area contributed by atoms with Gasteiger partial charge in [-0.05, 0) is 63.3 Å². The van der Waals surface area contributed by atoms with Gasteiger partial charge in [-0.2, -0.15) is 0 Å². The normalized spacial score (nSPS) is 12.9. The fourth-order valence-corrected chi connectivity index (χ4v) is 5.43. The fraction of sp³-hybridized carbons (Fsp3) is 0.308. The Morgan fingerprint density at radius 2 is 2.21 bits per heavy atom. The first-order valence-corrected chi connectivity index (χ1v) is 8.99. The molecule has 2 rings (SSSR count). The zero-order chi connectivity index (χ0) is 14.0. The summed E-state index contributed by atoms with van der Waals surface area (Å²) in [7, 11) is 1.98. The predicted octanol–water partition coefficient (Wildman–Crippen LogP) is 5.21. The molecular weight excluding hydrogens is 410 g/mol. The average molecular weight is 423 g/mol. The van der Waals surface area contributed by atoms with E-state index in [2.05, 4.69) is 55.1 Å². The van der Waals surface area contributed by atoms with Crippen LogP contribution in [0.15, 0.2) is 31.2 Å². The summed E-state index contributed by atoms with van der Waals surface area (Å²) in [6.07, 6.45) is 0. The Kier molecular flexibility index (Phi) is 5.37. The van der Waals surface area contributed by atoms with Gasteiger partial charge in [0.15, 0.2) is 5.78 Å². The van der Waals surface area contributed by atoms with Gasteiger partial charge in [-0.3, -0.25) is 9.69 Å². The number of halogens is 2. The van der Waals surface area contributed by atoms with Crippen molar-refractivity contribution >= 4 is 60.3 Å². The molecule has 0 spiro atoms. The Morgan fingerprint density at radius 3 is 2.74 bits per heavy atom. The van der Waals surface area contributed by atoms with Gasteiger partial charge in [0.2, 0.25) is 0 Å². The molecule has 2 aromatic heterocycles. The molecule has 0 aliphatic heterocycles. The quantitative estimate of drug-likeness (QED) is 0.616. The molecule has 0 aliphatic rings. The number of hydrogen-bond donors (Lipinski definition) is 0. The van der Waals surface area contributed by atoms with Crippen molar-refractivity contribution in [2.45, 2.75) is 13.0 Å². The highest BCUT2D eigenvalue weighted by Gasteiger charge is 2.19. The highest BCUT2D eigenvalue weighted by atomic mass is 79.9. The number of carbonyl (C=O) groups excluding carboxylic acids is 1. The molecule has 0 saturated heterocycles. The molecule has 6 heteroatoms. The monoisotopic (exact) mass is 421 g/mol. The maximum absolute atomic E-state index is 12.3. The fourth-order valence-electron chi connectivity index (χ4n) is 1.73. The SMILES string of the molecule is CC(c1cccs1)N(C)CC(=O)c1cc(Br)sc1Br. The molecule has 1 unspecified atom stereocenters. The first-order chi connectivity index (χ1) is 8.99. The maximum Gasteiger partial charge on any atom is 0.178 e. The van der Waals surface area contributed by atoms with Crippen LogP contribution in [0.1, 0.15) is 28.2 Å². The number of nitrogens with zero attached hydrogens (tertiary/aromatic N) is 1. The van der Waals surface area contributed by atoms with E-state index < -0.39 is 0 Å². The Hall–Kier alpha value is -0.0100. The van der Waals surface area contributed by atoms with Crippen LogP contribution in [0, 0.1) is 0 Å². The van der Waals surface area contributed by atoms with Gasteiger partial charge in [-0.1, -0.05) is 6.07 Å². The molecule has 2 nitrogen and oxygen atoms in total. The van der Waals surface area contributed by atoms with Gasteiger partial charge in [0.25, 0.3) is 0 Å². The molecule has 0 N–H and O–H groups in total. The minimum atomic E-state index is 0.139. The van der Waals surface area contributed by atoms with E-state index in [1.165, 1.54) is 16.2 Å². The third-order valence-electron chi connectivity index (χ3n) is 2.97. The topological polar surface area (TPSA) is 20.3 Å². The van der Waals surface area contributed by atoms with Crippen LogP contribution in [0.2, 0.25) is 0 Å². The van der Waals surface area contributed by atoms with Crippen LogP contribution >= 0.6 is 54.5 Å². The van der Waals surface area contributed by atoms with Gasteiger partial charge in [-0.15, -0.1) is 22.7 Å².